The molecule has 0 aliphatic heterocycles. The first kappa shape index (κ1) is 28.0. The first-order valence-corrected chi connectivity index (χ1v) is 11.9. The number of hydrogen-bond donors (Lipinski definition) is 3. The zero-order valence-electron chi connectivity index (χ0n) is 20.9. The third-order valence-electron chi connectivity index (χ3n) is 4.79. The molecule has 1 unspecified atom stereocenters. The van der Waals surface area contributed by atoms with Crippen molar-refractivity contribution in [1.29, 1.82) is 0 Å². The van der Waals surface area contributed by atoms with Gasteiger partial charge in [-0.1, -0.05) is 48.9 Å². The summed E-state index contributed by atoms with van der Waals surface area (Å²) in [6.45, 7) is 8.71. The van der Waals surface area contributed by atoms with Gasteiger partial charge < -0.3 is 25.4 Å². The molecule has 0 saturated carbocycles. The van der Waals surface area contributed by atoms with Gasteiger partial charge in [0.05, 0.1) is 23.2 Å². The normalized spacial score (nSPS) is 11.8. The van der Waals surface area contributed by atoms with Crippen LogP contribution in [0.4, 0.5) is 16.2 Å². The van der Waals surface area contributed by atoms with Gasteiger partial charge in [-0.3, -0.25) is 9.59 Å². The molecule has 35 heavy (non-hydrogen) atoms. The Labute approximate surface area is 211 Å². The van der Waals surface area contributed by atoms with Crippen LogP contribution in [0.2, 0.25) is 5.02 Å². The number of amides is 2. The molecule has 8 nitrogen and oxygen atoms in total. The van der Waals surface area contributed by atoms with Gasteiger partial charge in [0.2, 0.25) is 5.91 Å². The highest BCUT2D eigenvalue weighted by atomic mass is 35.5. The standard InChI is InChI=1S/C26H34ClN3O5/c1-6-18-11-9-12-20(27)24(18)30-21-13-8-7-10-19(21)14-23(32)34-16-17(2)29-22(31)15-28-25(33)35-26(3,4)5/h7-13,17,30H,6,14-16H2,1-5H3,(H,28,33)(H,29,31). The number of anilines is 2. The first-order valence-electron chi connectivity index (χ1n) is 11.5. The van der Waals surface area contributed by atoms with E-state index in [-0.39, 0.29) is 19.6 Å². The van der Waals surface area contributed by atoms with Crippen molar-refractivity contribution in [2.45, 2.75) is 59.1 Å². The van der Waals surface area contributed by atoms with E-state index in [0.717, 1.165) is 28.9 Å². The summed E-state index contributed by atoms with van der Waals surface area (Å²) in [6.07, 6.45) is 0.182. The quantitative estimate of drug-likeness (QED) is 0.404. The Hall–Kier alpha value is -3.26. The van der Waals surface area contributed by atoms with Crippen molar-refractivity contribution in [3.63, 3.8) is 0 Å². The van der Waals surface area contributed by atoms with Crippen LogP contribution in [0.5, 0.6) is 0 Å². The molecule has 2 aromatic carbocycles. The molecule has 0 aliphatic rings. The predicted molar refractivity (Wildman–Crippen MR) is 137 cm³/mol. The van der Waals surface area contributed by atoms with Gasteiger partial charge in [0.25, 0.3) is 0 Å². The Kier molecular flexibility index (Phi) is 10.4. The lowest BCUT2D eigenvalue weighted by molar-refractivity contribution is -0.144. The zero-order valence-corrected chi connectivity index (χ0v) is 21.6. The molecule has 0 aromatic heterocycles. The number of para-hydroxylation sites is 2. The van der Waals surface area contributed by atoms with E-state index in [1.807, 2.05) is 49.4 Å². The highest BCUT2D eigenvalue weighted by Gasteiger charge is 2.18. The van der Waals surface area contributed by atoms with Gasteiger partial charge in [-0.2, -0.15) is 0 Å². The Balaban J connectivity index is 1.86. The maximum absolute atomic E-state index is 12.5. The van der Waals surface area contributed by atoms with E-state index in [0.29, 0.717) is 5.02 Å². The number of nitrogens with one attached hydrogen (secondary N) is 3. The molecule has 190 valence electrons. The third-order valence-corrected chi connectivity index (χ3v) is 5.10. The summed E-state index contributed by atoms with van der Waals surface area (Å²) in [7, 11) is 0. The molecule has 0 radical (unpaired) electrons. The van der Waals surface area contributed by atoms with Crippen LogP contribution in [-0.2, 0) is 31.9 Å². The van der Waals surface area contributed by atoms with Crippen LogP contribution in [0, 0.1) is 0 Å². The fourth-order valence-electron chi connectivity index (χ4n) is 3.19. The van der Waals surface area contributed by atoms with Crippen LogP contribution >= 0.6 is 11.6 Å². The number of esters is 1. The number of rotatable bonds is 10. The van der Waals surface area contributed by atoms with E-state index in [1.54, 1.807) is 27.7 Å². The second-order valence-electron chi connectivity index (χ2n) is 9.09. The lowest BCUT2D eigenvalue weighted by Crippen LogP contribution is -2.44. The Bertz CT molecular complexity index is 1040. The van der Waals surface area contributed by atoms with Gasteiger partial charge in [0.15, 0.2) is 0 Å². The van der Waals surface area contributed by atoms with Gasteiger partial charge in [0, 0.05) is 5.69 Å². The van der Waals surface area contributed by atoms with Crippen molar-refractivity contribution in [2.75, 3.05) is 18.5 Å². The van der Waals surface area contributed by atoms with Crippen molar-refractivity contribution >= 4 is 40.9 Å². The van der Waals surface area contributed by atoms with E-state index in [1.165, 1.54) is 0 Å². The molecule has 2 amide bonds. The van der Waals surface area contributed by atoms with E-state index < -0.39 is 29.6 Å². The van der Waals surface area contributed by atoms with E-state index in [2.05, 4.69) is 16.0 Å². The number of aryl methyl sites for hydroxylation is 1. The number of carbonyl (C=O) groups is 3. The summed E-state index contributed by atoms with van der Waals surface area (Å²) in [5, 5.41) is 9.01. The minimum atomic E-state index is -0.679. The minimum absolute atomic E-state index is 0.00287. The van der Waals surface area contributed by atoms with Crippen LogP contribution in [0.3, 0.4) is 0 Å². The molecular weight excluding hydrogens is 470 g/mol. The number of alkyl carbamates (subject to hydrolysis) is 1. The minimum Gasteiger partial charge on any atom is -0.463 e. The molecule has 2 rings (SSSR count). The maximum atomic E-state index is 12.5. The molecular formula is C26H34ClN3O5. The van der Waals surface area contributed by atoms with Crippen molar-refractivity contribution < 1.29 is 23.9 Å². The van der Waals surface area contributed by atoms with E-state index in [9.17, 15) is 14.4 Å². The highest BCUT2D eigenvalue weighted by molar-refractivity contribution is 6.33. The van der Waals surface area contributed by atoms with E-state index >= 15 is 0 Å². The maximum Gasteiger partial charge on any atom is 0.408 e. The number of halogens is 1. The summed E-state index contributed by atoms with van der Waals surface area (Å²) in [6, 6.07) is 12.7. The lowest BCUT2D eigenvalue weighted by atomic mass is 10.1. The molecule has 0 heterocycles. The summed E-state index contributed by atoms with van der Waals surface area (Å²) in [5.41, 5.74) is 2.76. The first-order chi connectivity index (χ1) is 16.5. The fourth-order valence-corrected chi connectivity index (χ4v) is 3.43. The average Bonchev–Trinajstić information content (AvgIpc) is 2.77. The summed E-state index contributed by atoms with van der Waals surface area (Å²) < 4.78 is 10.4. The van der Waals surface area contributed by atoms with Crippen LogP contribution in [0.1, 0.15) is 45.7 Å². The summed E-state index contributed by atoms with van der Waals surface area (Å²) in [5.74, 6) is -0.845. The van der Waals surface area contributed by atoms with Crippen molar-refractivity contribution in [1.82, 2.24) is 10.6 Å². The predicted octanol–water partition coefficient (Wildman–Crippen LogP) is 4.76. The average molecular weight is 504 g/mol. The van der Waals surface area contributed by atoms with Gasteiger partial charge in [-0.05, 0) is 57.4 Å². The second-order valence-corrected chi connectivity index (χ2v) is 9.50. The molecule has 0 aliphatic carbocycles. The highest BCUT2D eigenvalue weighted by Crippen LogP contribution is 2.31. The van der Waals surface area contributed by atoms with Gasteiger partial charge >= 0.3 is 12.1 Å². The van der Waals surface area contributed by atoms with Crippen LogP contribution in [0.25, 0.3) is 0 Å². The Morgan fingerprint density at radius 2 is 1.71 bits per heavy atom. The molecule has 9 heteroatoms. The van der Waals surface area contributed by atoms with Crippen LogP contribution in [0.15, 0.2) is 42.5 Å². The molecule has 0 saturated heterocycles. The topological polar surface area (TPSA) is 106 Å². The Morgan fingerprint density at radius 1 is 1.03 bits per heavy atom. The number of benzene rings is 2. The van der Waals surface area contributed by atoms with Crippen molar-refractivity contribution in [2.24, 2.45) is 0 Å². The SMILES string of the molecule is CCc1cccc(Cl)c1Nc1ccccc1CC(=O)OCC(C)NC(=O)CNC(=O)OC(C)(C)C. The van der Waals surface area contributed by atoms with Gasteiger partial charge in [0.1, 0.15) is 18.8 Å². The molecule has 2 aromatic rings. The fraction of sp³-hybridized carbons (Fsp3) is 0.423. The summed E-state index contributed by atoms with van der Waals surface area (Å²) in [4.78, 5) is 36.1. The molecule has 1 atom stereocenters. The monoisotopic (exact) mass is 503 g/mol. The van der Waals surface area contributed by atoms with Crippen molar-refractivity contribution in [3.8, 4) is 0 Å². The van der Waals surface area contributed by atoms with Gasteiger partial charge in [-0.25, -0.2) is 4.79 Å². The number of carbonyl (C=O) groups excluding carboxylic acids is 3. The largest absolute Gasteiger partial charge is 0.463 e. The molecule has 0 spiro atoms. The van der Waals surface area contributed by atoms with Crippen molar-refractivity contribution in [3.05, 3.63) is 58.6 Å². The number of hydrogen-bond acceptors (Lipinski definition) is 6. The van der Waals surface area contributed by atoms with Crippen LogP contribution < -0.4 is 16.0 Å². The Morgan fingerprint density at radius 3 is 2.40 bits per heavy atom. The molecule has 0 fully saturated rings. The molecule has 3 N–H and O–H groups in total. The third kappa shape index (κ3) is 9.86. The lowest BCUT2D eigenvalue weighted by Gasteiger charge is -2.20. The van der Waals surface area contributed by atoms with Gasteiger partial charge in [-0.15, -0.1) is 0 Å². The van der Waals surface area contributed by atoms with Crippen LogP contribution in [-0.4, -0.2) is 42.8 Å². The second kappa shape index (κ2) is 13.0. The zero-order chi connectivity index (χ0) is 26.0. The van der Waals surface area contributed by atoms with E-state index in [4.69, 9.17) is 21.1 Å². The molecule has 0 bridgehead atoms. The summed E-state index contributed by atoms with van der Waals surface area (Å²) >= 11 is 6.39. The smallest absolute Gasteiger partial charge is 0.408 e. The number of ether oxygens (including phenoxy) is 2.